The second-order valence-electron chi connectivity index (χ2n) is 2.32. The quantitative estimate of drug-likeness (QED) is 0.484. The van der Waals surface area contributed by atoms with E-state index in [-0.39, 0.29) is 12.9 Å². The summed E-state index contributed by atoms with van der Waals surface area (Å²) in [5.41, 5.74) is 0. The lowest BCUT2D eigenvalue weighted by Crippen LogP contribution is -2.34. The van der Waals surface area contributed by atoms with Crippen LogP contribution in [-0.4, -0.2) is 47.9 Å². The zero-order chi connectivity index (χ0) is 9.84. The highest BCUT2D eigenvalue weighted by Crippen LogP contribution is 2.21. The highest BCUT2D eigenvalue weighted by molar-refractivity contribution is 5.38. The van der Waals surface area contributed by atoms with E-state index in [0.29, 0.717) is 0 Å². The van der Waals surface area contributed by atoms with E-state index in [1.54, 1.807) is 0 Å². The third-order valence-corrected chi connectivity index (χ3v) is 1.56. The fraction of sp³-hybridized carbons (Fsp3) is 0.667. The lowest BCUT2D eigenvalue weighted by Gasteiger charge is -2.10. The second-order valence-corrected chi connectivity index (χ2v) is 2.32. The predicted octanol–water partition coefficient (Wildman–Crippen LogP) is -2.26. The highest BCUT2D eigenvalue weighted by Gasteiger charge is 2.45. The first kappa shape index (κ1) is 9.90. The summed E-state index contributed by atoms with van der Waals surface area (Å²) in [6, 6.07) is 0. The van der Waals surface area contributed by atoms with Gasteiger partial charge in [0.25, 0.3) is 12.9 Å². The molecule has 4 atom stereocenters. The number of hydrogen-bond acceptors (Lipinski definition) is 7. The molecule has 0 saturated carbocycles. The fourth-order valence-corrected chi connectivity index (χ4v) is 0.950. The zero-order valence-corrected chi connectivity index (χ0v) is 6.40. The summed E-state index contributed by atoms with van der Waals surface area (Å²) in [7, 11) is 0. The average Bonchev–Trinajstić information content (AvgIpc) is 2.36. The Morgan fingerprint density at radius 3 is 1.69 bits per heavy atom. The lowest BCUT2D eigenvalue weighted by atomic mass is 10.2. The van der Waals surface area contributed by atoms with Crippen molar-refractivity contribution < 1.29 is 34.0 Å². The van der Waals surface area contributed by atoms with Gasteiger partial charge in [-0.15, -0.1) is 0 Å². The Balaban J connectivity index is 2.54. The Morgan fingerprint density at radius 1 is 1.00 bits per heavy atom. The molecule has 7 heteroatoms. The van der Waals surface area contributed by atoms with Crippen LogP contribution in [0.3, 0.4) is 0 Å². The van der Waals surface area contributed by atoms with Crippen LogP contribution in [-0.2, 0) is 23.8 Å². The standard InChI is InChI=1S/C6H8O7/c7-1-11-5-3(9)4(10)6(13-5)12-2-8/h1-6,9-10H. The van der Waals surface area contributed by atoms with Crippen molar-refractivity contribution in [3.8, 4) is 0 Å². The second kappa shape index (κ2) is 4.17. The van der Waals surface area contributed by atoms with Crippen molar-refractivity contribution in [2.45, 2.75) is 24.8 Å². The van der Waals surface area contributed by atoms with E-state index in [4.69, 9.17) is 10.2 Å². The van der Waals surface area contributed by atoms with Crippen molar-refractivity contribution in [1.29, 1.82) is 0 Å². The Hall–Kier alpha value is -1.18. The predicted molar refractivity (Wildman–Crippen MR) is 35.0 cm³/mol. The Labute approximate surface area is 72.8 Å². The normalized spacial score (nSPS) is 38.3. The Morgan fingerprint density at radius 2 is 1.38 bits per heavy atom. The van der Waals surface area contributed by atoms with Crippen molar-refractivity contribution in [3.63, 3.8) is 0 Å². The van der Waals surface area contributed by atoms with Crippen LogP contribution >= 0.6 is 0 Å². The first-order valence-electron chi connectivity index (χ1n) is 3.40. The molecule has 0 aliphatic carbocycles. The van der Waals surface area contributed by atoms with Gasteiger partial charge in [-0.2, -0.15) is 0 Å². The van der Waals surface area contributed by atoms with Crippen LogP contribution in [0.2, 0.25) is 0 Å². The largest absolute Gasteiger partial charge is 0.435 e. The fourth-order valence-electron chi connectivity index (χ4n) is 0.950. The van der Waals surface area contributed by atoms with E-state index in [1.807, 2.05) is 0 Å². The summed E-state index contributed by atoms with van der Waals surface area (Å²) in [6.07, 6.45) is -5.46. The average molecular weight is 192 g/mol. The first-order valence-corrected chi connectivity index (χ1v) is 3.40. The minimum Gasteiger partial charge on any atom is -0.435 e. The highest BCUT2D eigenvalue weighted by atomic mass is 16.8. The van der Waals surface area contributed by atoms with Crippen molar-refractivity contribution in [3.05, 3.63) is 0 Å². The SMILES string of the molecule is O=COC1OC(OC=O)C(O)C1O. The molecular formula is C6H8O7. The Bertz CT molecular complexity index is 173. The smallest absolute Gasteiger partial charge is 0.295 e. The third-order valence-electron chi connectivity index (χ3n) is 1.56. The van der Waals surface area contributed by atoms with Crippen molar-refractivity contribution in [2.24, 2.45) is 0 Å². The van der Waals surface area contributed by atoms with Gasteiger partial charge in [-0.05, 0) is 0 Å². The molecule has 0 spiro atoms. The van der Waals surface area contributed by atoms with E-state index < -0.39 is 24.8 Å². The third kappa shape index (κ3) is 1.94. The lowest BCUT2D eigenvalue weighted by molar-refractivity contribution is -0.209. The van der Waals surface area contributed by atoms with E-state index in [0.717, 1.165) is 0 Å². The summed E-state index contributed by atoms with van der Waals surface area (Å²) in [6.45, 7) is 0.119. The molecule has 7 nitrogen and oxygen atoms in total. The molecule has 1 rings (SSSR count). The van der Waals surface area contributed by atoms with Crippen molar-refractivity contribution >= 4 is 12.9 Å². The Kier molecular flexibility index (Phi) is 3.18. The summed E-state index contributed by atoms with van der Waals surface area (Å²) >= 11 is 0. The van der Waals surface area contributed by atoms with Gasteiger partial charge in [0.05, 0.1) is 0 Å². The van der Waals surface area contributed by atoms with Crippen LogP contribution in [0.25, 0.3) is 0 Å². The van der Waals surface area contributed by atoms with Gasteiger partial charge in [-0.25, -0.2) is 0 Å². The van der Waals surface area contributed by atoms with E-state index >= 15 is 0 Å². The number of hydrogen-bond donors (Lipinski definition) is 2. The number of aliphatic hydroxyl groups excluding tert-OH is 2. The number of carbonyl (C=O) groups is 2. The molecule has 0 amide bonds. The van der Waals surface area contributed by atoms with Crippen LogP contribution in [0.1, 0.15) is 0 Å². The van der Waals surface area contributed by atoms with Gasteiger partial charge in [0.1, 0.15) is 12.2 Å². The summed E-state index contributed by atoms with van der Waals surface area (Å²) in [5, 5.41) is 18.3. The molecule has 74 valence electrons. The van der Waals surface area contributed by atoms with Gasteiger partial charge in [-0.3, -0.25) is 14.3 Å². The van der Waals surface area contributed by atoms with Gasteiger partial charge in [0.15, 0.2) is 0 Å². The molecule has 0 aromatic carbocycles. The molecule has 13 heavy (non-hydrogen) atoms. The number of rotatable bonds is 4. The van der Waals surface area contributed by atoms with Crippen molar-refractivity contribution in [1.82, 2.24) is 0 Å². The van der Waals surface area contributed by atoms with Gasteiger partial charge < -0.3 is 19.7 Å². The minimum atomic E-state index is -1.42. The summed E-state index contributed by atoms with van der Waals surface area (Å²) < 4.78 is 13.2. The van der Waals surface area contributed by atoms with Crippen LogP contribution in [0.5, 0.6) is 0 Å². The molecule has 4 unspecified atom stereocenters. The molecule has 1 saturated heterocycles. The number of aliphatic hydroxyl groups is 2. The number of carbonyl (C=O) groups excluding carboxylic acids is 2. The van der Waals surface area contributed by atoms with Gasteiger partial charge >= 0.3 is 0 Å². The molecule has 0 bridgehead atoms. The van der Waals surface area contributed by atoms with Crippen LogP contribution in [0, 0.1) is 0 Å². The van der Waals surface area contributed by atoms with Crippen LogP contribution in [0.4, 0.5) is 0 Å². The van der Waals surface area contributed by atoms with Crippen molar-refractivity contribution in [2.75, 3.05) is 0 Å². The molecule has 1 aliphatic heterocycles. The van der Waals surface area contributed by atoms with Gasteiger partial charge in [0.2, 0.25) is 12.6 Å². The van der Waals surface area contributed by atoms with Gasteiger partial charge in [-0.1, -0.05) is 0 Å². The molecule has 0 aromatic rings. The maximum atomic E-state index is 9.87. The van der Waals surface area contributed by atoms with E-state index in [1.165, 1.54) is 0 Å². The monoisotopic (exact) mass is 192 g/mol. The van der Waals surface area contributed by atoms with Crippen LogP contribution in [0.15, 0.2) is 0 Å². The molecule has 0 radical (unpaired) electrons. The molecule has 0 aromatic heterocycles. The zero-order valence-electron chi connectivity index (χ0n) is 6.40. The molecular weight excluding hydrogens is 184 g/mol. The molecule has 1 aliphatic rings. The topological polar surface area (TPSA) is 102 Å². The molecule has 1 fully saturated rings. The first-order chi connectivity index (χ1) is 6.20. The maximum absolute atomic E-state index is 9.87. The minimum absolute atomic E-state index is 0.0594. The number of ether oxygens (including phenoxy) is 3. The summed E-state index contributed by atoms with van der Waals surface area (Å²) in [4.78, 5) is 19.7. The van der Waals surface area contributed by atoms with Crippen LogP contribution < -0.4 is 0 Å². The summed E-state index contributed by atoms with van der Waals surface area (Å²) in [5.74, 6) is 0. The van der Waals surface area contributed by atoms with E-state index in [9.17, 15) is 9.59 Å². The van der Waals surface area contributed by atoms with E-state index in [2.05, 4.69) is 14.2 Å². The maximum Gasteiger partial charge on any atom is 0.295 e. The molecule has 1 heterocycles. The molecule has 2 N–H and O–H groups in total. The van der Waals surface area contributed by atoms with Gasteiger partial charge in [0, 0.05) is 0 Å².